The minimum Gasteiger partial charge on any atom is -0.496 e. The average molecular weight is 443 g/mol. The van der Waals surface area contributed by atoms with Crippen molar-refractivity contribution in [3.8, 4) is 17.0 Å². The third-order valence-corrected chi connectivity index (χ3v) is 5.94. The molecule has 1 aliphatic heterocycles. The number of rotatable bonds is 5. The van der Waals surface area contributed by atoms with Crippen LogP contribution in [0.5, 0.6) is 5.75 Å². The van der Waals surface area contributed by atoms with Gasteiger partial charge in [0.05, 0.1) is 24.5 Å². The number of fused-ring (bicyclic) bond motifs is 1. The Balaban J connectivity index is 1.41. The van der Waals surface area contributed by atoms with Crippen LogP contribution in [0.3, 0.4) is 0 Å². The number of likely N-dealkylation sites (N-methyl/N-ethyl adjacent to an activating group) is 1. The first kappa shape index (κ1) is 21.0. The average Bonchev–Trinajstić information content (AvgIpc) is 3.27. The number of nitrogens with one attached hydrogen (secondary N) is 1. The van der Waals surface area contributed by atoms with Gasteiger partial charge in [0.25, 0.3) is 5.91 Å². The van der Waals surface area contributed by atoms with E-state index in [9.17, 15) is 4.79 Å². The van der Waals surface area contributed by atoms with Crippen molar-refractivity contribution in [2.24, 2.45) is 0 Å². The third kappa shape index (κ3) is 4.25. The van der Waals surface area contributed by atoms with E-state index in [0.29, 0.717) is 11.5 Å². The number of carbonyl (C=O) groups excluding carboxylic acids is 1. The lowest BCUT2D eigenvalue weighted by Crippen LogP contribution is -2.47. The molecule has 0 aliphatic carbocycles. The first-order valence-corrected chi connectivity index (χ1v) is 11.0. The largest absolute Gasteiger partial charge is 0.496 e. The predicted molar refractivity (Wildman–Crippen MR) is 128 cm³/mol. The fraction of sp³-hybridized carbons (Fsp3) is 0.240. The number of methoxy groups -OCH3 is 1. The Hall–Kier alpha value is -3.91. The second-order valence-corrected chi connectivity index (χ2v) is 8.14. The van der Waals surface area contributed by atoms with Crippen molar-refractivity contribution < 1.29 is 9.53 Å². The molecule has 33 heavy (non-hydrogen) atoms. The van der Waals surface area contributed by atoms with Crippen molar-refractivity contribution in [1.29, 1.82) is 0 Å². The summed E-state index contributed by atoms with van der Waals surface area (Å²) < 4.78 is 7.36. The molecule has 1 aliphatic rings. The number of amides is 1. The van der Waals surface area contributed by atoms with Gasteiger partial charge in [0.2, 0.25) is 5.95 Å². The summed E-state index contributed by atoms with van der Waals surface area (Å²) in [5.74, 6) is 1.27. The molecule has 3 heterocycles. The molecule has 0 spiro atoms. The fourth-order valence-corrected chi connectivity index (χ4v) is 4.07. The minimum atomic E-state index is 0.0481. The first-order chi connectivity index (χ1) is 16.1. The van der Waals surface area contributed by atoms with Crippen LogP contribution < -0.4 is 10.1 Å². The highest BCUT2D eigenvalue weighted by Crippen LogP contribution is 2.30. The molecule has 4 aromatic rings. The van der Waals surface area contributed by atoms with Crippen LogP contribution in [0.4, 0.5) is 11.6 Å². The molecule has 2 aromatic carbocycles. The van der Waals surface area contributed by atoms with Crippen molar-refractivity contribution in [2.75, 3.05) is 45.7 Å². The highest BCUT2D eigenvalue weighted by atomic mass is 16.5. The van der Waals surface area contributed by atoms with Gasteiger partial charge in [-0.3, -0.25) is 4.79 Å². The summed E-state index contributed by atoms with van der Waals surface area (Å²) in [7, 11) is 3.74. The van der Waals surface area contributed by atoms with Gasteiger partial charge in [0, 0.05) is 43.0 Å². The first-order valence-electron chi connectivity index (χ1n) is 11.0. The van der Waals surface area contributed by atoms with E-state index < -0.39 is 0 Å². The molecule has 1 amide bonds. The number of benzene rings is 2. The lowest BCUT2D eigenvalue weighted by atomic mass is 10.1. The van der Waals surface area contributed by atoms with Gasteiger partial charge in [0.1, 0.15) is 5.75 Å². The topological polar surface area (TPSA) is 75.0 Å². The SMILES string of the molecule is COc1ccccc1-c1ccc2cnc(Nc3cccc(C(=O)N4CCN(C)CC4)c3)nn12. The smallest absolute Gasteiger partial charge is 0.254 e. The number of hydrogen-bond donors (Lipinski definition) is 1. The molecular formula is C25H26N6O2. The molecule has 168 valence electrons. The van der Waals surface area contributed by atoms with Gasteiger partial charge in [0.15, 0.2) is 0 Å². The van der Waals surface area contributed by atoms with Crippen LogP contribution in [0.15, 0.2) is 66.9 Å². The van der Waals surface area contributed by atoms with Crippen molar-refractivity contribution in [3.63, 3.8) is 0 Å². The number of anilines is 2. The zero-order chi connectivity index (χ0) is 22.8. The number of piperazine rings is 1. The number of ether oxygens (including phenoxy) is 1. The number of para-hydroxylation sites is 1. The van der Waals surface area contributed by atoms with Gasteiger partial charge in [-0.25, -0.2) is 9.50 Å². The Labute approximate surface area is 192 Å². The van der Waals surface area contributed by atoms with E-state index in [-0.39, 0.29) is 5.91 Å². The van der Waals surface area contributed by atoms with E-state index in [2.05, 4.69) is 22.2 Å². The van der Waals surface area contributed by atoms with Crippen molar-refractivity contribution in [3.05, 3.63) is 72.4 Å². The Morgan fingerprint density at radius 3 is 2.64 bits per heavy atom. The van der Waals surface area contributed by atoms with Gasteiger partial charge in [-0.05, 0) is 49.5 Å². The fourth-order valence-electron chi connectivity index (χ4n) is 4.07. The summed E-state index contributed by atoms with van der Waals surface area (Å²) >= 11 is 0. The van der Waals surface area contributed by atoms with Crippen LogP contribution >= 0.6 is 0 Å². The van der Waals surface area contributed by atoms with Crippen molar-refractivity contribution >= 4 is 23.1 Å². The second-order valence-electron chi connectivity index (χ2n) is 8.14. The Kier molecular flexibility index (Phi) is 5.66. The maximum Gasteiger partial charge on any atom is 0.254 e. The lowest BCUT2D eigenvalue weighted by molar-refractivity contribution is 0.0664. The molecular weight excluding hydrogens is 416 g/mol. The van der Waals surface area contributed by atoms with Gasteiger partial charge in [-0.2, -0.15) is 0 Å². The van der Waals surface area contributed by atoms with E-state index in [1.54, 1.807) is 13.3 Å². The monoisotopic (exact) mass is 442 g/mol. The maximum absolute atomic E-state index is 12.9. The van der Waals surface area contributed by atoms with E-state index in [1.807, 2.05) is 70.1 Å². The normalized spacial score (nSPS) is 14.4. The number of aromatic nitrogens is 3. The summed E-state index contributed by atoms with van der Waals surface area (Å²) in [6, 6.07) is 19.3. The third-order valence-electron chi connectivity index (χ3n) is 5.94. The predicted octanol–water partition coefficient (Wildman–Crippen LogP) is 3.54. The number of hydrogen-bond acceptors (Lipinski definition) is 6. The highest BCUT2D eigenvalue weighted by molar-refractivity contribution is 5.95. The molecule has 0 unspecified atom stereocenters. The molecule has 1 fully saturated rings. The number of nitrogens with zero attached hydrogens (tertiary/aromatic N) is 5. The molecule has 0 saturated carbocycles. The Morgan fingerprint density at radius 2 is 1.82 bits per heavy atom. The number of carbonyl (C=O) groups is 1. The van der Waals surface area contributed by atoms with Gasteiger partial charge < -0.3 is 19.9 Å². The summed E-state index contributed by atoms with van der Waals surface area (Å²) in [6.45, 7) is 3.27. The van der Waals surface area contributed by atoms with Crippen LogP contribution in [0.2, 0.25) is 0 Å². The van der Waals surface area contributed by atoms with E-state index >= 15 is 0 Å². The van der Waals surface area contributed by atoms with Crippen LogP contribution in [0, 0.1) is 0 Å². The van der Waals surface area contributed by atoms with E-state index in [0.717, 1.165) is 54.4 Å². The lowest BCUT2D eigenvalue weighted by Gasteiger charge is -2.32. The molecule has 1 saturated heterocycles. The zero-order valence-electron chi connectivity index (χ0n) is 18.7. The zero-order valence-corrected chi connectivity index (χ0v) is 18.7. The second kappa shape index (κ2) is 8.91. The summed E-state index contributed by atoms with van der Waals surface area (Å²) in [5, 5.41) is 7.94. The molecule has 2 aromatic heterocycles. The summed E-state index contributed by atoms with van der Waals surface area (Å²) in [6.07, 6.45) is 1.77. The Morgan fingerprint density at radius 1 is 1.00 bits per heavy atom. The van der Waals surface area contributed by atoms with Gasteiger partial charge in [-0.1, -0.05) is 18.2 Å². The molecule has 0 bridgehead atoms. The van der Waals surface area contributed by atoms with E-state index in [1.165, 1.54) is 0 Å². The van der Waals surface area contributed by atoms with Crippen LogP contribution in [-0.4, -0.2) is 70.6 Å². The molecule has 0 atom stereocenters. The van der Waals surface area contributed by atoms with Crippen molar-refractivity contribution in [2.45, 2.75) is 0 Å². The Bertz CT molecular complexity index is 1290. The molecule has 8 heteroatoms. The van der Waals surface area contributed by atoms with Gasteiger partial charge >= 0.3 is 0 Å². The molecule has 5 rings (SSSR count). The standard InChI is InChI=1S/C25H26N6O2/c1-29-12-14-30(15-13-29)24(32)18-6-5-7-19(16-18)27-25-26-17-20-10-11-22(31(20)28-25)21-8-3-4-9-23(21)33-2/h3-11,16-17H,12-15H2,1-2H3,(H,27,28). The molecule has 0 radical (unpaired) electrons. The quantitative estimate of drug-likeness (QED) is 0.510. The van der Waals surface area contributed by atoms with Crippen LogP contribution in [0.1, 0.15) is 10.4 Å². The van der Waals surface area contributed by atoms with E-state index in [4.69, 9.17) is 9.84 Å². The molecule has 1 N–H and O–H groups in total. The van der Waals surface area contributed by atoms with Crippen LogP contribution in [0.25, 0.3) is 16.8 Å². The minimum absolute atomic E-state index is 0.0481. The van der Waals surface area contributed by atoms with Gasteiger partial charge in [-0.15, -0.1) is 5.10 Å². The van der Waals surface area contributed by atoms with Crippen molar-refractivity contribution in [1.82, 2.24) is 24.4 Å². The van der Waals surface area contributed by atoms with Crippen LogP contribution in [-0.2, 0) is 0 Å². The summed E-state index contributed by atoms with van der Waals surface area (Å²) in [5.41, 5.74) is 4.15. The highest BCUT2D eigenvalue weighted by Gasteiger charge is 2.20. The maximum atomic E-state index is 12.9. The summed E-state index contributed by atoms with van der Waals surface area (Å²) in [4.78, 5) is 21.5. The molecule has 8 nitrogen and oxygen atoms in total.